The summed E-state index contributed by atoms with van der Waals surface area (Å²) in [7, 11) is 2.05. The number of carboxylic acid groups (broad SMARTS) is 1. The zero-order valence-corrected chi connectivity index (χ0v) is 14.9. The van der Waals surface area contributed by atoms with Gasteiger partial charge >= 0.3 is 12.0 Å². The lowest BCUT2D eigenvalue weighted by Gasteiger charge is -2.49. The minimum Gasteiger partial charge on any atom is -0.480 e. The Balaban J connectivity index is 1.71. The van der Waals surface area contributed by atoms with E-state index in [9.17, 15) is 14.4 Å². The van der Waals surface area contributed by atoms with Crippen LogP contribution in [-0.2, 0) is 9.59 Å². The smallest absolute Gasteiger partial charge is 0.323 e. The Labute approximate surface area is 148 Å². The number of aliphatic carboxylic acids is 1. The Kier molecular flexibility index (Phi) is 5.17. The van der Waals surface area contributed by atoms with Gasteiger partial charge in [-0.25, -0.2) is 4.79 Å². The molecular weight excluding hydrogens is 324 g/mol. The minimum absolute atomic E-state index is 0.101. The van der Waals surface area contributed by atoms with Crippen molar-refractivity contribution in [2.24, 2.45) is 0 Å². The molecule has 8 heteroatoms. The summed E-state index contributed by atoms with van der Waals surface area (Å²) < 4.78 is 0. The van der Waals surface area contributed by atoms with Crippen LogP contribution in [0.5, 0.6) is 0 Å². The summed E-state index contributed by atoms with van der Waals surface area (Å²) in [6.07, 6.45) is 3.85. The van der Waals surface area contributed by atoms with Gasteiger partial charge in [0.05, 0.1) is 0 Å². The third kappa shape index (κ3) is 3.73. The zero-order valence-electron chi connectivity index (χ0n) is 14.9. The Morgan fingerprint density at radius 3 is 2.44 bits per heavy atom. The van der Waals surface area contributed by atoms with E-state index in [1.54, 1.807) is 0 Å². The minimum atomic E-state index is -0.980. The highest BCUT2D eigenvalue weighted by Gasteiger charge is 2.44. The number of amides is 3. The van der Waals surface area contributed by atoms with Gasteiger partial charge in [-0.05, 0) is 32.7 Å². The summed E-state index contributed by atoms with van der Waals surface area (Å²) in [6.45, 7) is 3.97. The van der Waals surface area contributed by atoms with Crippen LogP contribution in [-0.4, -0.2) is 101 Å². The van der Waals surface area contributed by atoms with Crippen LogP contribution in [0.3, 0.4) is 0 Å². The van der Waals surface area contributed by atoms with E-state index >= 15 is 0 Å². The first-order valence-corrected chi connectivity index (χ1v) is 9.16. The van der Waals surface area contributed by atoms with Crippen LogP contribution in [0.4, 0.5) is 4.79 Å². The van der Waals surface area contributed by atoms with Gasteiger partial charge in [-0.15, -0.1) is 0 Å². The van der Waals surface area contributed by atoms with Gasteiger partial charge < -0.3 is 19.8 Å². The van der Waals surface area contributed by atoms with Crippen LogP contribution in [0.15, 0.2) is 0 Å². The summed E-state index contributed by atoms with van der Waals surface area (Å²) in [5, 5.41) is 9.00. The number of carbonyl (C=O) groups excluding carboxylic acids is 2. The second-order valence-electron chi connectivity index (χ2n) is 7.50. The number of carboxylic acids is 1. The van der Waals surface area contributed by atoms with Crippen molar-refractivity contribution in [3.63, 3.8) is 0 Å². The van der Waals surface area contributed by atoms with E-state index < -0.39 is 5.97 Å². The average Bonchev–Trinajstić information content (AvgIpc) is 3.07. The molecule has 0 aromatic heterocycles. The van der Waals surface area contributed by atoms with Crippen LogP contribution in [0.2, 0.25) is 0 Å². The first-order chi connectivity index (χ1) is 11.9. The third-order valence-electron chi connectivity index (χ3n) is 5.98. The van der Waals surface area contributed by atoms with Crippen molar-refractivity contribution < 1.29 is 19.5 Å². The van der Waals surface area contributed by atoms with Crippen molar-refractivity contribution >= 4 is 17.9 Å². The first kappa shape index (κ1) is 18.0. The van der Waals surface area contributed by atoms with Crippen LogP contribution in [0, 0.1) is 0 Å². The van der Waals surface area contributed by atoms with Gasteiger partial charge in [-0.2, -0.15) is 0 Å². The number of rotatable bonds is 2. The Bertz CT molecular complexity index is 549. The predicted molar refractivity (Wildman–Crippen MR) is 91.2 cm³/mol. The Hall–Kier alpha value is -1.83. The maximum absolute atomic E-state index is 12.8. The summed E-state index contributed by atoms with van der Waals surface area (Å²) in [5.41, 5.74) is -0.240. The van der Waals surface area contributed by atoms with Crippen molar-refractivity contribution in [1.82, 2.24) is 19.6 Å². The Morgan fingerprint density at radius 1 is 1.04 bits per heavy atom. The van der Waals surface area contributed by atoms with Crippen molar-refractivity contribution in [3.05, 3.63) is 0 Å². The monoisotopic (exact) mass is 352 g/mol. The van der Waals surface area contributed by atoms with Crippen molar-refractivity contribution in [3.8, 4) is 0 Å². The van der Waals surface area contributed by atoms with Gasteiger partial charge in [0.15, 0.2) is 0 Å². The summed E-state index contributed by atoms with van der Waals surface area (Å²) in [6, 6.07) is 0.114. The number of hydrogen-bond acceptors (Lipinski definition) is 4. The van der Waals surface area contributed by atoms with Crippen LogP contribution < -0.4 is 0 Å². The van der Waals surface area contributed by atoms with Gasteiger partial charge in [-0.1, -0.05) is 0 Å². The molecule has 140 valence electrons. The van der Waals surface area contributed by atoms with Gasteiger partial charge in [-0.3, -0.25) is 14.5 Å². The molecule has 3 amide bonds. The van der Waals surface area contributed by atoms with E-state index in [1.807, 2.05) is 9.80 Å². The molecule has 3 aliphatic heterocycles. The van der Waals surface area contributed by atoms with Crippen molar-refractivity contribution in [2.45, 2.75) is 37.6 Å². The van der Waals surface area contributed by atoms with Crippen molar-refractivity contribution in [1.29, 1.82) is 0 Å². The molecule has 0 saturated carbocycles. The van der Waals surface area contributed by atoms with Gasteiger partial charge in [0.25, 0.3) is 0 Å². The molecule has 3 aliphatic rings. The lowest BCUT2D eigenvalue weighted by Crippen LogP contribution is -2.63. The summed E-state index contributed by atoms with van der Waals surface area (Å²) in [4.78, 5) is 43.6. The molecule has 25 heavy (non-hydrogen) atoms. The molecule has 8 nitrogen and oxygen atoms in total. The number of hydrogen-bond donors (Lipinski definition) is 1. The number of urea groups is 1. The van der Waals surface area contributed by atoms with Crippen molar-refractivity contribution in [2.75, 3.05) is 52.9 Å². The van der Waals surface area contributed by atoms with Gasteiger partial charge in [0.1, 0.15) is 6.54 Å². The van der Waals surface area contributed by atoms with Gasteiger partial charge in [0, 0.05) is 51.2 Å². The molecule has 3 saturated heterocycles. The lowest BCUT2D eigenvalue weighted by molar-refractivity contribution is -0.144. The molecule has 0 aromatic rings. The maximum Gasteiger partial charge on any atom is 0.323 e. The molecule has 1 spiro atoms. The fraction of sp³-hybridized carbons (Fsp3) is 0.824. The second-order valence-corrected chi connectivity index (χ2v) is 7.50. The van der Waals surface area contributed by atoms with E-state index in [0.717, 1.165) is 32.5 Å². The molecule has 3 fully saturated rings. The molecular formula is C17H28N4O4. The van der Waals surface area contributed by atoms with E-state index in [0.29, 0.717) is 38.9 Å². The third-order valence-corrected chi connectivity index (χ3v) is 5.98. The highest BCUT2D eigenvalue weighted by atomic mass is 16.4. The average molecular weight is 352 g/mol. The number of likely N-dealkylation sites (N-methyl/N-ethyl adjacent to an activating group) is 1. The highest BCUT2D eigenvalue weighted by molar-refractivity contribution is 5.81. The zero-order chi connectivity index (χ0) is 18.0. The number of carbonyl (C=O) groups is 3. The van der Waals surface area contributed by atoms with E-state index in [2.05, 4.69) is 11.9 Å². The molecule has 0 aromatic carbocycles. The highest BCUT2D eigenvalue weighted by Crippen LogP contribution is 2.32. The SMILES string of the molecule is CN1CCN(C(=O)N2CCCC2)CC12CCC(=O)N(CC(=O)O)CC2. The van der Waals surface area contributed by atoms with Crippen LogP contribution in [0.1, 0.15) is 32.1 Å². The summed E-state index contributed by atoms with van der Waals surface area (Å²) in [5.74, 6) is -1.08. The second kappa shape index (κ2) is 7.19. The molecule has 0 bridgehead atoms. The van der Waals surface area contributed by atoms with E-state index in [4.69, 9.17) is 5.11 Å². The molecule has 3 rings (SSSR count). The molecule has 1 atom stereocenters. The quantitative estimate of drug-likeness (QED) is 0.772. The van der Waals surface area contributed by atoms with Crippen LogP contribution >= 0.6 is 0 Å². The molecule has 0 radical (unpaired) electrons. The number of nitrogens with zero attached hydrogens (tertiary/aromatic N) is 4. The molecule has 3 heterocycles. The summed E-state index contributed by atoms with van der Waals surface area (Å²) >= 11 is 0. The lowest BCUT2D eigenvalue weighted by atomic mass is 9.86. The maximum atomic E-state index is 12.8. The fourth-order valence-electron chi connectivity index (χ4n) is 4.30. The van der Waals surface area contributed by atoms with E-state index in [1.165, 1.54) is 4.90 Å². The predicted octanol–water partition coefficient (Wildman–Crippen LogP) is 0.286. The Morgan fingerprint density at radius 2 is 1.76 bits per heavy atom. The topological polar surface area (TPSA) is 84.4 Å². The normalized spacial score (nSPS) is 28.5. The first-order valence-electron chi connectivity index (χ1n) is 9.16. The standard InChI is InChI=1S/C17H28N4O4/c1-18-10-11-21(16(25)19-7-2-3-8-19)13-17(18)5-4-14(22)20(9-6-17)12-15(23)24/h2-13H2,1H3,(H,23,24). The fourth-order valence-corrected chi connectivity index (χ4v) is 4.30. The molecule has 1 N–H and O–H groups in total. The van der Waals surface area contributed by atoms with Gasteiger partial charge in [0.2, 0.25) is 5.91 Å². The number of likely N-dealkylation sites (tertiary alicyclic amines) is 2. The number of piperazine rings is 1. The molecule has 1 unspecified atom stereocenters. The van der Waals surface area contributed by atoms with Crippen LogP contribution in [0.25, 0.3) is 0 Å². The van der Waals surface area contributed by atoms with E-state index in [-0.39, 0.29) is 24.0 Å². The largest absolute Gasteiger partial charge is 0.480 e. The molecule has 0 aliphatic carbocycles.